The monoisotopic (exact) mass is 342 g/mol. The number of carboxylic acid groups (broad SMARTS) is 1. The normalized spacial score (nSPS) is 9.60. The summed E-state index contributed by atoms with van der Waals surface area (Å²) in [6, 6.07) is 2.96. The van der Waals surface area contributed by atoms with Crippen molar-refractivity contribution < 1.29 is 23.9 Å². The van der Waals surface area contributed by atoms with Crippen molar-refractivity contribution in [1.29, 1.82) is 0 Å². The Morgan fingerprint density at radius 1 is 1.45 bits per heavy atom. The molecule has 0 fully saturated rings. The van der Waals surface area contributed by atoms with Crippen LogP contribution in [0.4, 0.5) is 0 Å². The van der Waals surface area contributed by atoms with Crippen molar-refractivity contribution in [2.24, 2.45) is 0 Å². The lowest BCUT2D eigenvalue weighted by Gasteiger charge is -2.17. The zero-order chi connectivity index (χ0) is 15.1. The van der Waals surface area contributed by atoms with Crippen LogP contribution in [-0.4, -0.2) is 47.4 Å². The third kappa shape index (κ3) is 4.78. The van der Waals surface area contributed by atoms with Crippen molar-refractivity contribution in [3.8, 4) is 12.3 Å². The summed E-state index contributed by atoms with van der Waals surface area (Å²) >= 11 is 3.04. The molecule has 1 heterocycles. The standard InChI is InChI=1S/C12H11BrN2O5/c1-2-5-15(7-11(17)18)10(16)6-14-12(19)8-3-4-9(13)20-8/h1,3-4H,5-7H2,(H,14,19)(H,17,18). The lowest BCUT2D eigenvalue weighted by molar-refractivity contribution is -0.143. The Morgan fingerprint density at radius 2 is 2.15 bits per heavy atom. The van der Waals surface area contributed by atoms with E-state index in [2.05, 4.69) is 27.2 Å². The van der Waals surface area contributed by atoms with E-state index in [0.717, 1.165) is 4.90 Å². The minimum absolute atomic E-state index is 0.0337. The smallest absolute Gasteiger partial charge is 0.323 e. The quantitative estimate of drug-likeness (QED) is 0.725. The van der Waals surface area contributed by atoms with Crippen molar-refractivity contribution in [3.63, 3.8) is 0 Å². The molecule has 1 aromatic heterocycles. The zero-order valence-corrected chi connectivity index (χ0v) is 11.8. The second-order valence-corrected chi connectivity index (χ2v) is 4.42. The van der Waals surface area contributed by atoms with Crippen LogP contribution in [0.2, 0.25) is 0 Å². The number of carboxylic acids is 1. The molecule has 0 aliphatic rings. The number of carbonyl (C=O) groups excluding carboxylic acids is 2. The highest BCUT2D eigenvalue weighted by molar-refractivity contribution is 9.10. The largest absolute Gasteiger partial charge is 0.480 e. The summed E-state index contributed by atoms with van der Waals surface area (Å²) in [5, 5.41) is 11.0. The molecule has 106 valence electrons. The molecular formula is C12H11BrN2O5. The number of halogens is 1. The van der Waals surface area contributed by atoms with Gasteiger partial charge in [0.25, 0.3) is 5.91 Å². The van der Waals surface area contributed by atoms with Crippen LogP contribution in [-0.2, 0) is 9.59 Å². The Morgan fingerprint density at radius 3 is 2.65 bits per heavy atom. The molecule has 1 aromatic rings. The maximum atomic E-state index is 11.7. The van der Waals surface area contributed by atoms with Crippen LogP contribution in [0.5, 0.6) is 0 Å². The number of amides is 2. The third-order valence-corrected chi connectivity index (χ3v) is 2.58. The molecule has 2 N–H and O–H groups in total. The molecule has 0 saturated carbocycles. The number of hydrogen-bond acceptors (Lipinski definition) is 4. The molecule has 7 nitrogen and oxygen atoms in total. The summed E-state index contributed by atoms with van der Waals surface area (Å²) < 4.78 is 5.39. The average molecular weight is 343 g/mol. The molecule has 0 saturated heterocycles. The first-order chi connectivity index (χ1) is 9.43. The number of nitrogens with zero attached hydrogens (tertiary/aromatic N) is 1. The van der Waals surface area contributed by atoms with Gasteiger partial charge in [-0.2, -0.15) is 0 Å². The number of aliphatic carboxylic acids is 1. The van der Waals surface area contributed by atoms with E-state index in [1.165, 1.54) is 12.1 Å². The van der Waals surface area contributed by atoms with Crippen LogP contribution in [0, 0.1) is 12.3 Å². The number of carbonyl (C=O) groups is 3. The second kappa shape index (κ2) is 7.35. The number of rotatable bonds is 6. The van der Waals surface area contributed by atoms with Gasteiger partial charge in [-0.1, -0.05) is 5.92 Å². The number of furan rings is 1. The van der Waals surface area contributed by atoms with E-state index in [0.29, 0.717) is 4.67 Å². The molecule has 0 unspecified atom stereocenters. The van der Waals surface area contributed by atoms with Crippen LogP contribution in [0.1, 0.15) is 10.6 Å². The van der Waals surface area contributed by atoms with E-state index in [4.69, 9.17) is 15.9 Å². The topological polar surface area (TPSA) is 99.9 Å². The van der Waals surface area contributed by atoms with Crippen molar-refractivity contribution in [2.45, 2.75) is 0 Å². The van der Waals surface area contributed by atoms with Crippen molar-refractivity contribution >= 4 is 33.7 Å². The van der Waals surface area contributed by atoms with Gasteiger partial charge in [0.15, 0.2) is 10.4 Å². The van der Waals surface area contributed by atoms with E-state index >= 15 is 0 Å². The molecule has 1 rings (SSSR count). The SMILES string of the molecule is C#CCN(CC(=O)O)C(=O)CNC(=O)c1ccc(Br)o1. The molecule has 0 aliphatic carbocycles. The van der Waals surface area contributed by atoms with Crippen molar-refractivity contribution in [2.75, 3.05) is 19.6 Å². The van der Waals surface area contributed by atoms with Crippen LogP contribution in [0.3, 0.4) is 0 Å². The van der Waals surface area contributed by atoms with E-state index in [1.54, 1.807) is 0 Å². The molecule has 0 radical (unpaired) electrons. The van der Waals surface area contributed by atoms with Crippen LogP contribution in [0.25, 0.3) is 0 Å². The highest BCUT2D eigenvalue weighted by Gasteiger charge is 2.17. The molecule has 0 aliphatic heterocycles. The van der Waals surface area contributed by atoms with E-state index in [1.807, 2.05) is 0 Å². The summed E-state index contributed by atoms with van der Waals surface area (Å²) in [6.45, 7) is -1.04. The van der Waals surface area contributed by atoms with Crippen LogP contribution >= 0.6 is 15.9 Å². The summed E-state index contributed by atoms with van der Waals surface area (Å²) in [5.41, 5.74) is 0. The maximum absolute atomic E-state index is 11.7. The first-order valence-electron chi connectivity index (χ1n) is 5.40. The summed E-state index contributed by atoms with van der Waals surface area (Å²) in [5.74, 6) is -0.147. The number of hydrogen-bond donors (Lipinski definition) is 2. The second-order valence-electron chi connectivity index (χ2n) is 3.63. The van der Waals surface area contributed by atoms with Gasteiger partial charge >= 0.3 is 5.97 Å². The minimum atomic E-state index is -1.19. The van der Waals surface area contributed by atoms with Gasteiger partial charge in [0.2, 0.25) is 5.91 Å². The molecule has 20 heavy (non-hydrogen) atoms. The molecule has 0 aromatic carbocycles. The fraction of sp³-hybridized carbons (Fsp3) is 0.250. The highest BCUT2D eigenvalue weighted by Crippen LogP contribution is 2.13. The fourth-order valence-corrected chi connectivity index (χ4v) is 1.60. The van der Waals surface area contributed by atoms with Crippen molar-refractivity contribution in [1.82, 2.24) is 10.2 Å². The first-order valence-corrected chi connectivity index (χ1v) is 6.20. The van der Waals surface area contributed by atoms with Gasteiger partial charge in [-0.25, -0.2) is 0 Å². The Kier molecular flexibility index (Phi) is 5.80. The predicted molar refractivity (Wildman–Crippen MR) is 71.8 cm³/mol. The molecule has 8 heteroatoms. The lowest BCUT2D eigenvalue weighted by atomic mass is 10.4. The summed E-state index contributed by atoms with van der Waals surface area (Å²) in [7, 11) is 0. The van der Waals surface area contributed by atoms with Gasteiger partial charge in [0.1, 0.15) is 6.54 Å². The van der Waals surface area contributed by atoms with Crippen LogP contribution in [0.15, 0.2) is 21.2 Å². The van der Waals surface area contributed by atoms with E-state index in [9.17, 15) is 14.4 Å². The van der Waals surface area contributed by atoms with Crippen LogP contribution < -0.4 is 5.32 Å². The Bertz CT molecular complexity index is 560. The van der Waals surface area contributed by atoms with Gasteiger partial charge in [-0.05, 0) is 28.1 Å². The molecule has 0 bridgehead atoms. The minimum Gasteiger partial charge on any atom is -0.480 e. The first kappa shape index (κ1) is 15.8. The van der Waals surface area contributed by atoms with Gasteiger partial charge in [0, 0.05) is 0 Å². The summed E-state index contributed by atoms with van der Waals surface area (Å²) in [6.07, 6.45) is 5.05. The van der Waals surface area contributed by atoms with Crippen molar-refractivity contribution in [3.05, 3.63) is 22.6 Å². The Hall–Kier alpha value is -2.27. The highest BCUT2D eigenvalue weighted by atomic mass is 79.9. The molecule has 0 atom stereocenters. The van der Waals surface area contributed by atoms with E-state index in [-0.39, 0.29) is 18.8 Å². The number of nitrogens with one attached hydrogen (secondary N) is 1. The van der Waals surface area contributed by atoms with Gasteiger partial charge < -0.3 is 19.7 Å². The molecule has 2 amide bonds. The van der Waals surface area contributed by atoms with Gasteiger partial charge in [0.05, 0.1) is 13.1 Å². The average Bonchev–Trinajstić information content (AvgIpc) is 2.81. The maximum Gasteiger partial charge on any atom is 0.323 e. The van der Waals surface area contributed by atoms with Gasteiger partial charge in [-0.15, -0.1) is 6.42 Å². The molecular weight excluding hydrogens is 332 g/mol. The zero-order valence-electron chi connectivity index (χ0n) is 10.3. The van der Waals surface area contributed by atoms with E-state index < -0.39 is 24.3 Å². The Balaban J connectivity index is 2.54. The predicted octanol–water partition coefficient (Wildman–Crippen LogP) is 0.318. The third-order valence-electron chi connectivity index (χ3n) is 2.16. The Labute approximate surface area is 123 Å². The summed E-state index contributed by atoms with van der Waals surface area (Å²) in [4.78, 5) is 34.9. The lowest BCUT2D eigenvalue weighted by Crippen LogP contribution is -2.42. The van der Waals surface area contributed by atoms with Gasteiger partial charge in [-0.3, -0.25) is 14.4 Å². The number of terminal acetylenes is 1. The fourth-order valence-electron chi connectivity index (χ4n) is 1.30. The molecule has 0 spiro atoms.